The van der Waals surface area contributed by atoms with Crippen molar-refractivity contribution >= 4 is 14.7 Å². The predicted molar refractivity (Wildman–Crippen MR) is 101 cm³/mol. The number of hydrogen-bond donors (Lipinski definition) is 0. The summed E-state index contributed by atoms with van der Waals surface area (Å²) >= 11 is 0. The SMILES string of the molecule is CC1=[C-]CC=C1C.CC1=[C-]CC=C1C.C[SiH]c1ccccc1.[Cl-].[Cl-].[Zr+4]. The Bertz CT molecular complexity index is 521. The van der Waals surface area contributed by atoms with Crippen LogP contribution in [0.4, 0.5) is 0 Å². The number of benzene rings is 1. The van der Waals surface area contributed by atoms with Crippen LogP contribution < -0.4 is 30.0 Å². The van der Waals surface area contributed by atoms with E-state index in [1.165, 1.54) is 27.5 Å². The van der Waals surface area contributed by atoms with Crippen molar-refractivity contribution in [2.45, 2.75) is 47.1 Å². The molecule has 4 heteroatoms. The fourth-order valence-electron chi connectivity index (χ4n) is 1.94. The molecule has 2 aliphatic rings. The number of allylic oxidation sites excluding steroid dienone is 8. The third kappa shape index (κ3) is 12.8. The van der Waals surface area contributed by atoms with Crippen LogP contribution in [-0.2, 0) is 26.2 Å². The number of halogens is 2. The Morgan fingerprint density at radius 2 is 1.16 bits per heavy atom. The van der Waals surface area contributed by atoms with Crippen molar-refractivity contribution in [3.05, 3.63) is 76.9 Å². The van der Waals surface area contributed by atoms with E-state index in [9.17, 15) is 0 Å². The van der Waals surface area contributed by atoms with Gasteiger partial charge in [0.15, 0.2) is 0 Å². The molecule has 0 atom stereocenters. The smallest absolute Gasteiger partial charge is 1.00 e. The van der Waals surface area contributed by atoms with Crippen LogP contribution >= 0.6 is 0 Å². The summed E-state index contributed by atoms with van der Waals surface area (Å²) in [4.78, 5) is 0. The summed E-state index contributed by atoms with van der Waals surface area (Å²) in [6.45, 7) is 10.7. The van der Waals surface area contributed by atoms with Crippen molar-refractivity contribution < 1.29 is 51.0 Å². The standard InChI is InChI=1S/C7H9Si.2C7H9.2ClH.Zr/c1-8-7-5-3-2-4-6-7;2*1-6-4-3-5-7(6)2;;;/h2-6,8H,1H3;2*4H,3H2,1-2H3;2*1H;/q;2*-1;;;+4/p-2. The molecule has 0 amide bonds. The molecule has 0 fully saturated rings. The van der Waals surface area contributed by atoms with Crippen molar-refractivity contribution in [2.24, 2.45) is 0 Å². The zero-order valence-corrected chi connectivity index (χ0v) is 20.9. The van der Waals surface area contributed by atoms with E-state index in [0.717, 1.165) is 12.8 Å². The molecular formula is C21H27Cl2SiZr. The maximum Gasteiger partial charge on any atom is 4.00 e. The second-order valence-electron chi connectivity index (χ2n) is 5.49. The molecule has 2 aliphatic carbocycles. The average Bonchev–Trinajstić information content (AvgIpc) is 3.10. The van der Waals surface area contributed by atoms with Gasteiger partial charge in [-0.3, -0.25) is 12.2 Å². The summed E-state index contributed by atoms with van der Waals surface area (Å²) in [5.41, 5.74) is 5.42. The van der Waals surface area contributed by atoms with E-state index in [0.29, 0.717) is 9.52 Å². The topological polar surface area (TPSA) is 0 Å². The van der Waals surface area contributed by atoms with Crippen molar-refractivity contribution in [2.75, 3.05) is 0 Å². The maximum absolute atomic E-state index is 3.19. The molecule has 1 radical (unpaired) electrons. The Hall–Kier alpha value is -0.140. The van der Waals surface area contributed by atoms with Crippen LogP contribution in [-0.4, -0.2) is 9.52 Å². The largest absolute Gasteiger partial charge is 4.00 e. The van der Waals surface area contributed by atoms with Gasteiger partial charge < -0.3 is 24.8 Å². The van der Waals surface area contributed by atoms with E-state index in [1.807, 2.05) is 0 Å². The van der Waals surface area contributed by atoms with E-state index >= 15 is 0 Å². The van der Waals surface area contributed by atoms with Gasteiger partial charge >= 0.3 is 26.2 Å². The van der Waals surface area contributed by atoms with Crippen LogP contribution in [0.15, 0.2) is 64.8 Å². The first kappa shape index (κ1) is 29.6. The predicted octanol–water partition coefficient (Wildman–Crippen LogP) is -1.03. The summed E-state index contributed by atoms with van der Waals surface area (Å²) < 4.78 is 0. The molecule has 0 aliphatic heterocycles. The van der Waals surface area contributed by atoms with E-state index in [2.05, 4.69) is 88.9 Å². The molecule has 0 unspecified atom stereocenters. The van der Waals surface area contributed by atoms with Crippen molar-refractivity contribution in [3.63, 3.8) is 0 Å². The second-order valence-corrected chi connectivity index (χ2v) is 6.73. The van der Waals surface area contributed by atoms with Crippen LogP contribution in [0.5, 0.6) is 0 Å². The van der Waals surface area contributed by atoms with E-state index in [-0.39, 0.29) is 51.0 Å². The first-order valence-corrected chi connectivity index (χ1v) is 9.61. The van der Waals surface area contributed by atoms with Gasteiger partial charge in [0, 0.05) is 0 Å². The Morgan fingerprint density at radius 1 is 0.760 bits per heavy atom. The fourth-order valence-corrected chi connectivity index (χ4v) is 2.55. The molecule has 0 aromatic heterocycles. The Kier molecular flexibility index (Phi) is 20.5. The van der Waals surface area contributed by atoms with Gasteiger partial charge in [-0.2, -0.15) is 12.2 Å². The van der Waals surface area contributed by atoms with Gasteiger partial charge in [-0.1, -0.05) is 55.9 Å². The van der Waals surface area contributed by atoms with Crippen molar-refractivity contribution in [1.29, 1.82) is 0 Å². The Balaban J connectivity index is -0.000000275. The van der Waals surface area contributed by atoms with Crippen LogP contribution in [0.2, 0.25) is 6.55 Å². The third-order valence-corrected chi connectivity index (χ3v) is 4.92. The summed E-state index contributed by atoms with van der Waals surface area (Å²) in [7, 11) is 0.511. The summed E-state index contributed by atoms with van der Waals surface area (Å²) in [5.74, 6) is 0. The Labute approximate surface area is 188 Å². The van der Waals surface area contributed by atoms with Crippen molar-refractivity contribution in [1.82, 2.24) is 0 Å². The summed E-state index contributed by atoms with van der Waals surface area (Å²) in [6.07, 6.45) is 12.8. The molecule has 0 saturated carbocycles. The average molecular weight is 470 g/mol. The second kappa shape index (κ2) is 17.3. The van der Waals surface area contributed by atoms with Gasteiger partial charge in [-0.25, -0.2) is 22.3 Å². The normalized spacial score (nSPS) is 13.6. The molecular weight excluding hydrogens is 442 g/mol. The van der Waals surface area contributed by atoms with Crippen LogP contribution in [0, 0.1) is 12.2 Å². The number of hydrogen-bond acceptors (Lipinski definition) is 0. The van der Waals surface area contributed by atoms with Gasteiger partial charge in [-0.05, 0) is 0 Å². The quantitative estimate of drug-likeness (QED) is 0.365. The molecule has 0 nitrogen and oxygen atoms in total. The first-order valence-electron chi connectivity index (χ1n) is 7.88. The van der Waals surface area contributed by atoms with Gasteiger partial charge in [0.25, 0.3) is 0 Å². The molecule has 0 N–H and O–H groups in total. The van der Waals surface area contributed by atoms with Gasteiger partial charge in [-0.15, -0.1) is 26.7 Å². The molecule has 1 aromatic rings. The summed E-state index contributed by atoms with van der Waals surface area (Å²) in [6, 6.07) is 10.6. The molecule has 25 heavy (non-hydrogen) atoms. The van der Waals surface area contributed by atoms with Crippen LogP contribution in [0.25, 0.3) is 0 Å². The molecule has 0 saturated heterocycles. The van der Waals surface area contributed by atoms with Gasteiger partial charge in [0.1, 0.15) is 0 Å². The van der Waals surface area contributed by atoms with Gasteiger partial charge in [0.05, 0.1) is 9.52 Å². The molecule has 0 heterocycles. The maximum atomic E-state index is 3.19. The minimum absolute atomic E-state index is 0. The van der Waals surface area contributed by atoms with E-state index < -0.39 is 0 Å². The van der Waals surface area contributed by atoms with Crippen molar-refractivity contribution in [3.8, 4) is 0 Å². The monoisotopic (exact) mass is 467 g/mol. The summed E-state index contributed by atoms with van der Waals surface area (Å²) in [5, 5.41) is 1.49. The first-order chi connectivity index (χ1) is 10.5. The zero-order chi connectivity index (χ0) is 16.4. The molecule has 0 bridgehead atoms. The van der Waals surface area contributed by atoms with E-state index in [1.54, 1.807) is 0 Å². The van der Waals surface area contributed by atoms with Gasteiger partial charge in [0.2, 0.25) is 0 Å². The molecule has 133 valence electrons. The molecule has 3 rings (SSSR count). The minimum Gasteiger partial charge on any atom is -1.00 e. The van der Waals surface area contributed by atoms with Crippen LogP contribution in [0.1, 0.15) is 40.5 Å². The zero-order valence-electron chi connectivity index (χ0n) is 15.8. The molecule has 0 spiro atoms. The minimum atomic E-state index is 0. The van der Waals surface area contributed by atoms with Crippen LogP contribution in [0.3, 0.4) is 0 Å². The van der Waals surface area contributed by atoms with E-state index in [4.69, 9.17) is 0 Å². The Morgan fingerprint density at radius 3 is 1.32 bits per heavy atom. The number of rotatable bonds is 1. The third-order valence-electron chi connectivity index (χ3n) is 3.87. The fraction of sp³-hybridized carbons (Fsp3) is 0.333. The molecule has 1 aromatic carbocycles.